The number of amides is 1. The normalized spacial score (nSPS) is 11.8. The topological polar surface area (TPSA) is 82.4 Å². The Balaban J connectivity index is 1.74. The molecule has 0 aliphatic heterocycles. The predicted octanol–water partition coefficient (Wildman–Crippen LogP) is 4.52. The molecular formula is C26H25N3O4S. The molecule has 0 fully saturated rings. The zero-order valence-corrected chi connectivity index (χ0v) is 19.7. The number of hydrogen-bond acceptors (Lipinski definition) is 6. The first-order valence-electron chi connectivity index (χ1n) is 10.8. The zero-order valence-electron chi connectivity index (χ0n) is 18.9. The lowest BCUT2D eigenvalue weighted by Crippen LogP contribution is -2.26. The number of nitrogens with zero attached hydrogens (tertiary/aromatic N) is 2. The molecule has 0 radical (unpaired) electrons. The lowest BCUT2D eigenvalue weighted by molar-refractivity contribution is -0.115. The summed E-state index contributed by atoms with van der Waals surface area (Å²) in [4.78, 5) is 31.5. The Labute approximate surface area is 201 Å². The lowest BCUT2D eigenvalue weighted by atomic mass is 10.1. The van der Waals surface area contributed by atoms with Crippen molar-refractivity contribution in [2.75, 3.05) is 26.1 Å². The fourth-order valence-electron chi connectivity index (χ4n) is 3.53. The standard InChI is InChI=1S/C26H25N3O4S/c1-32-16-15-29-25(31)21-13-6-7-14-22(21)28-26(29)34-23(18-9-4-3-5-10-18)24(30)27-19-11-8-12-20(17-19)33-2/h3-14,17,23H,15-16H2,1-2H3,(H,27,30)/t23-/m1/s1. The van der Waals surface area contributed by atoms with Gasteiger partial charge in [0.1, 0.15) is 11.0 Å². The molecule has 4 rings (SSSR count). The molecule has 1 aromatic heterocycles. The van der Waals surface area contributed by atoms with E-state index in [2.05, 4.69) is 5.32 Å². The number of anilines is 1. The molecule has 0 saturated heterocycles. The maximum absolute atomic E-state index is 13.5. The second-order valence-electron chi connectivity index (χ2n) is 7.49. The molecule has 34 heavy (non-hydrogen) atoms. The number of carbonyl (C=O) groups excluding carboxylic acids is 1. The molecule has 1 amide bonds. The molecule has 0 spiro atoms. The van der Waals surface area contributed by atoms with Crippen LogP contribution in [0.3, 0.4) is 0 Å². The molecule has 1 N–H and O–H groups in total. The molecule has 0 saturated carbocycles. The van der Waals surface area contributed by atoms with Gasteiger partial charge >= 0.3 is 0 Å². The summed E-state index contributed by atoms with van der Waals surface area (Å²) in [6.07, 6.45) is 0. The third-order valence-corrected chi connectivity index (χ3v) is 6.49. The van der Waals surface area contributed by atoms with E-state index in [0.717, 1.165) is 5.56 Å². The quantitative estimate of drug-likeness (QED) is 0.283. The monoisotopic (exact) mass is 475 g/mol. The summed E-state index contributed by atoms with van der Waals surface area (Å²) in [6, 6.07) is 23.8. The number of carbonyl (C=O) groups is 1. The van der Waals surface area contributed by atoms with Gasteiger partial charge in [-0.2, -0.15) is 0 Å². The smallest absolute Gasteiger partial charge is 0.262 e. The van der Waals surface area contributed by atoms with Crippen LogP contribution in [-0.2, 0) is 16.1 Å². The van der Waals surface area contributed by atoms with Gasteiger partial charge in [0.25, 0.3) is 5.56 Å². The van der Waals surface area contributed by atoms with Gasteiger partial charge in [-0.15, -0.1) is 0 Å². The summed E-state index contributed by atoms with van der Waals surface area (Å²) in [5.41, 5.74) is 1.84. The summed E-state index contributed by atoms with van der Waals surface area (Å²) >= 11 is 1.24. The van der Waals surface area contributed by atoms with Crippen LogP contribution in [0.2, 0.25) is 0 Å². The van der Waals surface area contributed by atoms with Crippen molar-refractivity contribution >= 4 is 34.3 Å². The van der Waals surface area contributed by atoms with Gasteiger partial charge in [-0.3, -0.25) is 14.2 Å². The van der Waals surface area contributed by atoms with Crippen molar-refractivity contribution in [1.29, 1.82) is 0 Å². The van der Waals surface area contributed by atoms with Crippen molar-refractivity contribution in [1.82, 2.24) is 9.55 Å². The van der Waals surface area contributed by atoms with E-state index in [1.165, 1.54) is 11.8 Å². The second-order valence-corrected chi connectivity index (χ2v) is 8.56. The number of ether oxygens (including phenoxy) is 2. The van der Waals surface area contributed by atoms with Gasteiger partial charge in [0, 0.05) is 18.9 Å². The summed E-state index contributed by atoms with van der Waals surface area (Å²) in [5, 5.41) is 3.31. The van der Waals surface area contributed by atoms with E-state index in [0.29, 0.717) is 40.6 Å². The van der Waals surface area contributed by atoms with Gasteiger partial charge in [-0.1, -0.05) is 60.3 Å². The first-order valence-corrected chi connectivity index (χ1v) is 11.6. The highest BCUT2D eigenvalue weighted by Gasteiger charge is 2.25. The van der Waals surface area contributed by atoms with Crippen LogP contribution < -0.4 is 15.6 Å². The summed E-state index contributed by atoms with van der Waals surface area (Å²) < 4.78 is 12.1. The van der Waals surface area contributed by atoms with Crippen LogP contribution in [0.15, 0.2) is 88.8 Å². The van der Waals surface area contributed by atoms with Crippen LogP contribution >= 0.6 is 11.8 Å². The van der Waals surface area contributed by atoms with E-state index in [1.54, 1.807) is 43.1 Å². The fraction of sp³-hybridized carbons (Fsp3) is 0.192. The number of rotatable bonds is 9. The van der Waals surface area contributed by atoms with Gasteiger partial charge in [-0.05, 0) is 29.8 Å². The Morgan fingerprint density at radius 3 is 2.56 bits per heavy atom. The van der Waals surface area contributed by atoms with E-state index in [-0.39, 0.29) is 11.5 Å². The highest BCUT2D eigenvalue weighted by molar-refractivity contribution is 8.00. The van der Waals surface area contributed by atoms with E-state index in [1.807, 2.05) is 54.6 Å². The predicted molar refractivity (Wildman–Crippen MR) is 135 cm³/mol. The minimum atomic E-state index is -0.644. The van der Waals surface area contributed by atoms with Crippen molar-refractivity contribution in [2.24, 2.45) is 0 Å². The maximum atomic E-state index is 13.5. The van der Waals surface area contributed by atoms with Crippen LogP contribution in [-0.4, -0.2) is 36.3 Å². The van der Waals surface area contributed by atoms with Crippen LogP contribution in [0, 0.1) is 0 Å². The molecule has 0 aliphatic rings. The highest BCUT2D eigenvalue weighted by Crippen LogP contribution is 2.35. The van der Waals surface area contributed by atoms with Gasteiger partial charge in [0.05, 0.1) is 31.2 Å². The second kappa shape index (κ2) is 11.0. The molecule has 0 unspecified atom stereocenters. The van der Waals surface area contributed by atoms with Crippen molar-refractivity contribution in [2.45, 2.75) is 17.0 Å². The van der Waals surface area contributed by atoms with Gasteiger partial charge in [0.15, 0.2) is 5.16 Å². The number of aromatic nitrogens is 2. The summed E-state index contributed by atoms with van der Waals surface area (Å²) in [5.74, 6) is 0.413. The first kappa shape index (κ1) is 23.5. The number of methoxy groups -OCH3 is 2. The van der Waals surface area contributed by atoms with Crippen LogP contribution in [0.4, 0.5) is 5.69 Å². The highest BCUT2D eigenvalue weighted by atomic mass is 32.2. The van der Waals surface area contributed by atoms with Crippen LogP contribution in [0.5, 0.6) is 5.75 Å². The zero-order chi connectivity index (χ0) is 23.9. The SMILES string of the molecule is COCCn1c(S[C@@H](C(=O)Nc2cccc(OC)c2)c2ccccc2)nc2ccccc2c1=O. The Kier molecular flexibility index (Phi) is 7.61. The van der Waals surface area contributed by atoms with Gasteiger partial charge in [-0.25, -0.2) is 4.98 Å². The van der Waals surface area contributed by atoms with Crippen molar-refractivity contribution in [3.8, 4) is 5.75 Å². The number of hydrogen-bond donors (Lipinski definition) is 1. The number of thioether (sulfide) groups is 1. The minimum absolute atomic E-state index is 0.162. The molecule has 0 aliphatic carbocycles. The average molecular weight is 476 g/mol. The molecule has 8 heteroatoms. The summed E-state index contributed by atoms with van der Waals surface area (Å²) in [6.45, 7) is 0.675. The van der Waals surface area contributed by atoms with Crippen molar-refractivity contribution < 1.29 is 14.3 Å². The molecule has 4 aromatic rings. The Bertz CT molecular complexity index is 1340. The minimum Gasteiger partial charge on any atom is -0.497 e. The van der Waals surface area contributed by atoms with E-state index in [9.17, 15) is 9.59 Å². The first-order chi connectivity index (χ1) is 16.6. The van der Waals surface area contributed by atoms with Crippen LogP contribution in [0.1, 0.15) is 10.8 Å². The summed E-state index contributed by atoms with van der Waals surface area (Å²) in [7, 11) is 3.16. The molecule has 1 atom stereocenters. The van der Waals surface area contributed by atoms with Crippen LogP contribution in [0.25, 0.3) is 10.9 Å². The molecule has 174 valence electrons. The number of benzene rings is 3. The Morgan fingerprint density at radius 2 is 1.79 bits per heavy atom. The third kappa shape index (κ3) is 5.30. The molecule has 3 aromatic carbocycles. The number of fused-ring (bicyclic) bond motifs is 1. The number of nitrogens with one attached hydrogen (secondary N) is 1. The Morgan fingerprint density at radius 1 is 1.03 bits per heavy atom. The van der Waals surface area contributed by atoms with E-state index >= 15 is 0 Å². The van der Waals surface area contributed by atoms with E-state index < -0.39 is 5.25 Å². The van der Waals surface area contributed by atoms with Crippen molar-refractivity contribution in [3.63, 3.8) is 0 Å². The largest absolute Gasteiger partial charge is 0.497 e. The average Bonchev–Trinajstić information content (AvgIpc) is 2.87. The molecule has 1 heterocycles. The number of para-hydroxylation sites is 1. The lowest BCUT2D eigenvalue weighted by Gasteiger charge is -2.19. The molecule has 7 nitrogen and oxygen atoms in total. The Hall–Kier alpha value is -3.62. The van der Waals surface area contributed by atoms with Crippen molar-refractivity contribution in [3.05, 3.63) is 94.8 Å². The van der Waals surface area contributed by atoms with E-state index in [4.69, 9.17) is 14.5 Å². The van der Waals surface area contributed by atoms with Gasteiger partial charge < -0.3 is 14.8 Å². The molecular weight excluding hydrogens is 450 g/mol. The van der Waals surface area contributed by atoms with Gasteiger partial charge in [0.2, 0.25) is 5.91 Å². The molecule has 0 bridgehead atoms. The fourth-order valence-corrected chi connectivity index (χ4v) is 4.65. The third-order valence-electron chi connectivity index (χ3n) is 5.25. The maximum Gasteiger partial charge on any atom is 0.262 e.